The second-order valence-electron chi connectivity index (χ2n) is 4.87. The molecule has 0 radical (unpaired) electrons. The number of hydrogen-bond acceptors (Lipinski definition) is 3. The van der Waals surface area contributed by atoms with Gasteiger partial charge in [0.1, 0.15) is 5.75 Å². The molecule has 0 saturated heterocycles. The molecule has 2 N–H and O–H groups in total. The number of anilines is 1. The summed E-state index contributed by atoms with van der Waals surface area (Å²) in [6, 6.07) is 14.0. The van der Waals surface area contributed by atoms with Crippen LogP contribution < -0.4 is 10.5 Å². The second-order valence-corrected chi connectivity index (χ2v) is 5.73. The van der Waals surface area contributed by atoms with Crippen molar-refractivity contribution in [2.75, 3.05) is 19.9 Å². The molecule has 0 saturated carbocycles. The first-order chi connectivity index (χ1) is 9.58. The largest absolute Gasteiger partial charge is 0.497 e. The Kier molecular flexibility index (Phi) is 5.04. The Morgan fingerprint density at radius 1 is 1.10 bits per heavy atom. The number of nitrogens with zero attached hydrogens (tertiary/aromatic N) is 1. The average Bonchev–Trinajstić information content (AvgIpc) is 2.43. The first-order valence-corrected chi connectivity index (χ1v) is 7.23. The summed E-state index contributed by atoms with van der Waals surface area (Å²) in [4.78, 5) is 2.25. The summed E-state index contributed by atoms with van der Waals surface area (Å²) in [5.41, 5.74) is 9.08. The van der Waals surface area contributed by atoms with E-state index in [1.807, 2.05) is 30.3 Å². The first-order valence-electron chi connectivity index (χ1n) is 6.44. The number of hydrogen-bond donors (Lipinski definition) is 1. The molecule has 0 spiro atoms. The number of nitrogens with two attached hydrogens (primary N) is 1. The van der Waals surface area contributed by atoms with Crippen LogP contribution in [-0.4, -0.2) is 19.1 Å². The Morgan fingerprint density at radius 3 is 2.45 bits per heavy atom. The molecule has 2 rings (SSSR count). The lowest BCUT2D eigenvalue weighted by atomic mass is 10.1. The van der Waals surface area contributed by atoms with E-state index >= 15 is 0 Å². The molecule has 4 heteroatoms. The normalized spacial score (nSPS) is 10.8. The van der Waals surface area contributed by atoms with E-state index in [4.69, 9.17) is 10.5 Å². The van der Waals surface area contributed by atoms with Crippen LogP contribution in [0.25, 0.3) is 0 Å². The summed E-state index contributed by atoms with van der Waals surface area (Å²) in [6.45, 7) is 1.73. The Balaban J connectivity index is 2.00. The van der Waals surface area contributed by atoms with Gasteiger partial charge in [0.25, 0.3) is 0 Å². The number of methoxy groups -OCH3 is 1. The van der Waals surface area contributed by atoms with Gasteiger partial charge in [0.05, 0.1) is 7.11 Å². The van der Waals surface area contributed by atoms with Crippen LogP contribution in [0.4, 0.5) is 5.69 Å². The van der Waals surface area contributed by atoms with Gasteiger partial charge in [0.2, 0.25) is 0 Å². The van der Waals surface area contributed by atoms with Crippen molar-refractivity contribution in [3.63, 3.8) is 0 Å². The highest BCUT2D eigenvalue weighted by atomic mass is 79.9. The molecule has 0 aliphatic carbocycles. The van der Waals surface area contributed by atoms with Crippen molar-refractivity contribution < 1.29 is 4.74 Å². The molecule has 20 heavy (non-hydrogen) atoms. The van der Waals surface area contributed by atoms with Crippen LogP contribution in [0.5, 0.6) is 5.75 Å². The average molecular weight is 335 g/mol. The van der Waals surface area contributed by atoms with Gasteiger partial charge in [0, 0.05) is 23.2 Å². The zero-order chi connectivity index (χ0) is 14.5. The topological polar surface area (TPSA) is 38.5 Å². The summed E-state index contributed by atoms with van der Waals surface area (Å²) in [6.07, 6.45) is 0. The molecule has 0 aliphatic heterocycles. The quantitative estimate of drug-likeness (QED) is 0.848. The third-order valence-corrected chi connectivity index (χ3v) is 3.90. The van der Waals surface area contributed by atoms with Gasteiger partial charge >= 0.3 is 0 Å². The van der Waals surface area contributed by atoms with Crippen molar-refractivity contribution in [2.24, 2.45) is 0 Å². The fourth-order valence-corrected chi connectivity index (χ4v) is 2.48. The van der Waals surface area contributed by atoms with Gasteiger partial charge in [-0.2, -0.15) is 0 Å². The maximum Gasteiger partial charge on any atom is 0.118 e. The van der Waals surface area contributed by atoms with E-state index < -0.39 is 0 Å². The van der Waals surface area contributed by atoms with Gasteiger partial charge in [-0.05, 0) is 48.5 Å². The predicted octanol–water partition coefficient (Wildman–Crippen LogP) is 3.67. The van der Waals surface area contributed by atoms with Crippen molar-refractivity contribution in [3.8, 4) is 5.75 Å². The van der Waals surface area contributed by atoms with E-state index in [-0.39, 0.29) is 0 Å². The van der Waals surface area contributed by atoms with Gasteiger partial charge in [-0.3, -0.25) is 4.90 Å². The molecule has 2 aromatic rings. The lowest BCUT2D eigenvalue weighted by molar-refractivity contribution is 0.318. The molecular weight excluding hydrogens is 316 g/mol. The standard InChI is InChI=1S/C16H19BrN2O/c1-19(10-12-3-6-15(20-2)7-4-12)11-13-9-14(18)5-8-16(13)17/h3-9H,10-11,18H2,1-2H3. The lowest BCUT2D eigenvalue weighted by Gasteiger charge is -2.18. The number of benzene rings is 2. The molecule has 0 bridgehead atoms. The molecule has 0 unspecified atom stereocenters. The van der Waals surface area contributed by atoms with Crippen molar-refractivity contribution >= 4 is 21.6 Å². The van der Waals surface area contributed by atoms with Crippen LogP contribution in [0.1, 0.15) is 11.1 Å². The molecule has 2 aromatic carbocycles. The van der Waals surface area contributed by atoms with Gasteiger partial charge in [-0.1, -0.05) is 28.1 Å². The predicted molar refractivity (Wildman–Crippen MR) is 86.7 cm³/mol. The van der Waals surface area contributed by atoms with Crippen LogP contribution >= 0.6 is 15.9 Å². The van der Waals surface area contributed by atoms with Crippen molar-refractivity contribution in [1.82, 2.24) is 4.90 Å². The zero-order valence-electron chi connectivity index (χ0n) is 11.8. The van der Waals surface area contributed by atoms with Gasteiger partial charge in [-0.25, -0.2) is 0 Å². The second kappa shape index (κ2) is 6.77. The highest BCUT2D eigenvalue weighted by Gasteiger charge is 2.06. The summed E-state index contributed by atoms with van der Waals surface area (Å²) >= 11 is 3.56. The maximum atomic E-state index is 5.83. The van der Waals surface area contributed by atoms with E-state index in [1.165, 1.54) is 11.1 Å². The minimum atomic E-state index is 0.793. The van der Waals surface area contributed by atoms with Gasteiger partial charge < -0.3 is 10.5 Å². The molecule has 3 nitrogen and oxygen atoms in total. The van der Waals surface area contributed by atoms with Crippen molar-refractivity contribution in [2.45, 2.75) is 13.1 Å². The number of nitrogen functional groups attached to an aromatic ring is 1. The molecule has 0 fully saturated rings. The first kappa shape index (κ1) is 14.9. The maximum absolute atomic E-state index is 5.83. The highest BCUT2D eigenvalue weighted by molar-refractivity contribution is 9.10. The van der Waals surface area contributed by atoms with Crippen LogP contribution in [0, 0.1) is 0 Å². The molecule has 106 valence electrons. The minimum Gasteiger partial charge on any atom is -0.497 e. The van der Waals surface area contributed by atoms with Gasteiger partial charge in [-0.15, -0.1) is 0 Å². The van der Waals surface area contributed by atoms with E-state index in [0.29, 0.717) is 0 Å². The monoisotopic (exact) mass is 334 g/mol. The van der Waals surface area contributed by atoms with Crippen LogP contribution in [0.2, 0.25) is 0 Å². The third-order valence-electron chi connectivity index (χ3n) is 3.12. The fraction of sp³-hybridized carbons (Fsp3) is 0.250. The highest BCUT2D eigenvalue weighted by Crippen LogP contribution is 2.21. The molecule has 0 atom stereocenters. The van der Waals surface area contributed by atoms with Crippen LogP contribution in [0.3, 0.4) is 0 Å². The summed E-state index contributed by atoms with van der Waals surface area (Å²) in [5.74, 6) is 0.884. The van der Waals surface area contributed by atoms with Crippen molar-refractivity contribution in [3.05, 3.63) is 58.1 Å². The molecule has 0 aromatic heterocycles. The third kappa shape index (κ3) is 3.99. The summed E-state index contributed by atoms with van der Waals surface area (Å²) < 4.78 is 6.26. The molecule has 0 amide bonds. The molecular formula is C16H19BrN2O. The van der Waals surface area contributed by atoms with Crippen molar-refractivity contribution in [1.29, 1.82) is 0 Å². The minimum absolute atomic E-state index is 0.793. The van der Waals surface area contributed by atoms with E-state index in [9.17, 15) is 0 Å². The van der Waals surface area contributed by atoms with Gasteiger partial charge in [0.15, 0.2) is 0 Å². The van der Waals surface area contributed by atoms with E-state index in [0.717, 1.165) is 29.0 Å². The van der Waals surface area contributed by atoms with E-state index in [2.05, 4.69) is 40.0 Å². The molecule has 0 heterocycles. The SMILES string of the molecule is COc1ccc(CN(C)Cc2cc(N)ccc2Br)cc1. The van der Waals surface area contributed by atoms with E-state index in [1.54, 1.807) is 7.11 Å². The summed E-state index contributed by atoms with van der Waals surface area (Å²) in [5, 5.41) is 0. The Labute approximate surface area is 128 Å². The summed E-state index contributed by atoms with van der Waals surface area (Å²) in [7, 11) is 3.78. The number of halogens is 1. The molecule has 0 aliphatic rings. The number of ether oxygens (including phenoxy) is 1. The fourth-order valence-electron chi connectivity index (χ4n) is 2.11. The zero-order valence-corrected chi connectivity index (χ0v) is 13.4. The smallest absolute Gasteiger partial charge is 0.118 e. The Bertz CT molecular complexity index is 569. The Morgan fingerprint density at radius 2 is 1.80 bits per heavy atom. The lowest BCUT2D eigenvalue weighted by Crippen LogP contribution is -2.17. The van der Waals surface area contributed by atoms with Crippen LogP contribution in [-0.2, 0) is 13.1 Å². The number of rotatable bonds is 5. The Hall–Kier alpha value is -1.52. The van der Waals surface area contributed by atoms with Crippen LogP contribution in [0.15, 0.2) is 46.9 Å².